The zero-order valence-electron chi connectivity index (χ0n) is 6.59. The van der Waals surface area contributed by atoms with Crippen molar-refractivity contribution in [1.29, 1.82) is 0 Å². The van der Waals surface area contributed by atoms with Crippen LogP contribution < -0.4 is 5.73 Å². The second kappa shape index (κ2) is 4.49. The predicted molar refractivity (Wildman–Crippen MR) is 39.6 cm³/mol. The van der Waals surface area contributed by atoms with E-state index in [2.05, 4.69) is 4.74 Å². The average molecular weight is 157 g/mol. The number of ether oxygens (including phenoxy) is 1. The monoisotopic (exact) mass is 157 g/mol. The van der Waals surface area contributed by atoms with E-state index < -0.39 is 11.9 Å². The Kier molecular flexibility index (Phi) is 3.95. The molecule has 0 heterocycles. The molecule has 0 aliphatic carbocycles. The first-order chi connectivity index (χ1) is 5.07. The van der Waals surface area contributed by atoms with Crippen molar-refractivity contribution in [2.45, 2.75) is 13.8 Å². The van der Waals surface area contributed by atoms with E-state index in [1.165, 1.54) is 6.92 Å². The van der Waals surface area contributed by atoms with Crippen molar-refractivity contribution in [2.24, 2.45) is 5.73 Å². The minimum Gasteiger partial charge on any atom is -0.463 e. The Bertz CT molecular complexity index is 196. The minimum atomic E-state index is -0.643. The smallest absolute Gasteiger partial charge is 0.333 e. The largest absolute Gasteiger partial charge is 0.463 e. The van der Waals surface area contributed by atoms with Gasteiger partial charge in [-0.15, -0.1) is 0 Å². The summed E-state index contributed by atoms with van der Waals surface area (Å²) < 4.78 is 4.59. The lowest BCUT2D eigenvalue weighted by Gasteiger charge is -1.98. The summed E-state index contributed by atoms with van der Waals surface area (Å²) in [6.07, 6.45) is 1.04. The number of hydrogen-bond donors (Lipinski definition) is 1. The van der Waals surface area contributed by atoms with Gasteiger partial charge in [0.05, 0.1) is 6.61 Å². The first kappa shape index (κ1) is 9.68. The summed E-state index contributed by atoms with van der Waals surface area (Å²) in [6.45, 7) is 3.46. The summed E-state index contributed by atoms with van der Waals surface area (Å²) >= 11 is 0. The van der Waals surface area contributed by atoms with Gasteiger partial charge in [-0.05, 0) is 13.8 Å². The fourth-order valence-corrected chi connectivity index (χ4v) is 0.517. The van der Waals surface area contributed by atoms with Gasteiger partial charge >= 0.3 is 5.97 Å². The standard InChI is InChI=1S/C7H11NO3/c1-3-11-7(10)5(2)4-6(8)9/h4H,3H2,1-2H3,(H2,8,9)/b5-4+. The van der Waals surface area contributed by atoms with Crippen LogP contribution in [0, 0.1) is 0 Å². The molecule has 62 valence electrons. The minimum absolute atomic E-state index is 0.222. The molecule has 4 heteroatoms. The molecule has 4 nitrogen and oxygen atoms in total. The van der Waals surface area contributed by atoms with Crippen molar-refractivity contribution in [3.63, 3.8) is 0 Å². The van der Waals surface area contributed by atoms with E-state index in [0.717, 1.165) is 6.08 Å². The van der Waals surface area contributed by atoms with Gasteiger partial charge in [0.1, 0.15) is 0 Å². The molecule has 1 amide bonds. The summed E-state index contributed by atoms with van der Waals surface area (Å²) in [6, 6.07) is 0. The molecule has 0 aromatic heterocycles. The van der Waals surface area contributed by atoms with Crippen LogP contribution in [0.1, 0.15) is 13.8 Å². The number of hydrogen-bond acceptors (Lipinski definition) is 3. The van der Waals surface area contributed by atoms with Gasteiger partial charge in [-0.3, -0.25) is 4.79 Å². The van der Waals surface area contributed by atoms with Crippen LogP contribution in [-0.4, -0.2) is 18.5 Å². The van der Waals surface area contributed by atoms with Crippen molar-refractivity contribution in [3.8, 4) is 0 Å². The van der Waals surface area contributed by atoms with E-state index in [1.54, 1.807) is 6.92 Å². The number of carbonyl (C=O) groups is 2. The van der Waals surface area contributed by atoms with Gasteiger partial charge in [-0.2, -0.15) is 0 Å². The Morgan fingerprint density at radius 2 is 2.09 bits per heavy atom. The molecular weight excluding hydrogens is 146 g/mol. The molecule has 0 aliphatic rings. The van der Waals surface area contributed by atoms with Crippen LogP contribution in [0.25, 0.3) is 0 Å². The highest BCUT2D eigenvalue weighted by Gasteiger charge is 2.04. The third kappa shape index (κ3) is 4.13. The third-order valence-electron chi connectivity index (χ3n) is 0.956. The Morgan fingerprint density at radius 1 is 1.55 bits per heavy atom. The first-order valence-electron chi connectivity index (χ1n) is 3.22. The van der Waals surface area contributed by atoms with Gasteiger partial charge in [0.2, 0.25) is 5.91 Å². The van der Waals surface area contributed by atoms with E-state index in [1.807, 2.05) is 0 Å². The van der Waals surface area contributed by atoms with E-state index in [-0.39, 0.29) is 5.57 Å². The second-order valence-corrected chi connectivity index (χ2v) is 1.95. The average Bonchev–Trinajstić information content (AvgIpc) is 1.86. The van der Waals surface area contributed by atoms with E-state index in [0.29, 0.717) is 6.61 Å². The molecule has 0 aromatic carbocycles. The van der Waals surface area contributed by atoms with Crippen molar-refractivity contribution >= 4 is 11.9 Å². The number of carbonyl (C=O) groups excluding carboxylic acids is 2. The van der Waals surface area contributed by atoms with Gasteiger partial charge in [-0.25, -0.2) is 4.79 Å². The summed E-state index contributed by atoms with van der Waals surface area (Å²) in [4.78, 5) is 21.0. The van der Waals surface area contributed by atoms with Gasteiger partial charge in [0.25, 0.3) is 0 Å². The molecule has 0 aliphatic heterocycles. The lowest BCUT2D eigenvalue weighted by atomic mass is 10.3. The second-order valence-electron chi connectivity index (χ2n) is 1.95. The molecule has 0 rings (SSSR count). The normalized spacial score (nSPS) is 10.9. The van der Waals surface area contributed by atoms with E-state index >= 15 is 0 Å². The van der Waals surface area contributed by atoms with Gasteiger partial charge in [0.15, 0.2) is 0 Å². The van der Waals surface area contributed by atoms with E-state index in [9.17, 15) is 9.59 Å². The van der Waals surface area contributed by atoms with Crippen LogP contribution in [0.4, 0.5) is 0 Å². The molecule has 11 heavy (non-hydrogen) atoms. The quantitative estimate of drug-likeness (QED) is 0.462. The van der Waals surface area contributed by atoms with Gasteiger partial charge in [-0.1, -0.05) is 0 Å². The Labute approximate surface area is 65.0 Å². The van der Waals surface area contributed by atoms with Crippen LogP contribution in [0.5, 0.6) is 0 Å². The zero-order chi connectivity index (χ0) is 8.85. The molecule has 0 spiro atoms. The fourth-order valence-electron chi connectivity index (χ4n) is 0.517. The van der Waals surface area contributed by atoms with Crippen molar-refractivity contribution in [1.82, 2.24) is 0 Å². The first-order valence-corrected chi connectivity index (χ1v) is 3.22. The molecular formula is C7H11NO3. The molecule has 0 aromatic rings. The third-order valence-corrected chi connectivity index (χ3v) is 0.956. The molecule has 0 saturated carbocycles. The lowest BCUT2D eigenvalue weighted by Crippen LogP contribution is -2.11. The summed E-state index contributed by atoms with van der Waals surface area (Å²) in [5.41, 5.74) is 5.03. The highest BCUT2D eigenvalue weighted by atomic mass is 16.5. The molecule has 0 radical (unpaired) electrons. The topological polar surface area (TPSA) is 69.4 Å². The molecule has 0 saturated heterocycles. The number of rotatable bonds is 3. The molecule has 0 unspecified atom stereocenters. The zero-order valence-corrected chi connectivity index (χ0v) is 6.59. The maximum absolute atomic E-state index is 10.8. The van der Waals surface area contributed by atoms with Crippen molar-refractivity contribution < 1.29 is 14.3 Å². The van der Waals surface area contributed by atoms with Gasteiger partial charge < -0.3 is 10.5 Å². The fraction of sp³-hybridized carbons (Fsp3) is 0.429. The number of primary amides is 1. The highest BCUT2D eigenvalue weighted by Crippen LogP contribution is 1.94. The Morgan fingerprint density at radius 3 is 2.45 bits per heavy atom. The summed E-state index contributed by atoms with van der Waals surface area (Å²) in [5, 5.41) is 0. The maximum Gasteiger partial charge on any atom is 0.333 e. The van der Waals surface area contributed by atoms with Crippen LogP contribution in [-0.2, 0) is 14.3 Å². The lowest BCUT2D eigenvalue weighted by molar-refractivity contribution is -0.138. The van der Waals surface area contributed by atoms with Crippen LogP contribution in [0.15, 0.2) is 11.6 Å². The highest BCUT2D eigenvalue weighted by molar-refractivity contribution is 5.97. The van der Waals surface area contributed by atoms with Crippen LogP contribution >= 0.6 is 0 Å². The predicted octanol–water partition coefficient (Wildman–Crippen LogP) is -0.0189. The van der Waals surface area contributed by atoms with Gasteiger partial charge in [0, 0.05) is 11.6 Å². The Hall–Kier alpha value is -1.32. The molecule has 0 atom stereocenters. The molecule has 2 N–H and O–H groups in total. The van der Waals surface area contributed by atoms with E-state index in [4.69, 9.17) is 5.73 Å². The number of nitrogens with two attached hydrogens (primary N) is 1. The van der Waals surface area contributed by atoms with Crippen LogP contribution in [0.3, 0.4) is 0 Å². The molecule has 0 fully saturated rings. The van der Waals surface area contributed by atoms with Crippen molar-refractivity contribution in [2.75, 3.05) is 6.61 Å². The Balaban J connectivity index is 4.12. The maximum atomic E-state index is 10.8. The molecule has 0 bridgehead atoms. The summed E-state index contributed by atoms with van der Waals surface area (Å²) in [5.74, 6) is -1.15. The number of esters is 1. The van der Waals surface area contributed by atoms with Crippen molar-refractivity contribution in [3.05, 3.63) is 11.6 Å². The number of amides is 1. The van der Waals surface area contributed by atoms with Crippen LogP contribution in [0.2, 0.25) is 0 Å². The SMILES string of the molecule is CCOC(=O)/C(C)=C/C(N)=O. The summed E-state index contributed by atoms with van der Waals surface area (Å²) in [7, 11) is 0.